The summed E-state index contributed by atoms with van der Waals surface area (Å²) in [5.74, 6) is 2.06. The fraction of sp³-hybridized carbons (Fsp3) is 0.261. The van der Waals surface area contributed by atoms with E-state index in [9.17, 15) is 4.39 Å². The van der Waals surface area contributed by atoms with Gasteiger partial charge in [0.15, 0.2) is 5.65 Å². The molecule has 2 N–H and O–H groups in total. The van der Waals surface area contributed by atoms with Crippen LogP contribution in [0.15, 0.2) is 48.5 Å². The van der Waals surface area contributed by atoms with Crippen LogP contribution in [0, 0.1) is 5.82 Å². The second-order valence-corrected chi connectivity index (χ2v) is 7.59. The quantitative estimate of drug-likeness (QED) is 0.476. The predicted octanol–water partition coefficient (Wildman–Crippen LogP) is 3.72. The van der Waals surface area contributed by atoms with Crippen LogP contribution in [0.2, 0.25) is 0 Å². The Hall–Kier alpha value is -3.68. The van der Waals surface area contributed by atoms with Crippen LogP contribution in [0.3, 0.4) is 0 Å². The number of halogens is 1. The molecule has 0 saturated carbocycles. The Labute approximate surface area is 179 Å². The van der Waals surface area contributed by atoms with Crippen molar-refractivity contribution in [1.82, 2.24) is 20.2 Å². The van der Waals surface area contributed by atoms with E-state index in [4.69, 9.17) is 9.72 Å². The number of ether oxygens (including phenoxy) is 1. The molecule has 3 heterocycles. The Morgan fingerprint density at radius 1 is 1.06 bits per heavy atom. The first-order valence-corrected chi connectivity index (χ1v) is 10.3. The number of anilines is 2. The van der Waals surface area contributed by atoms with Crippen molar-refractivity contribution in [1.29, 1.82) is 0 Å². The van der Waals surface area contributed by atoms with Gasteiger partial charge < -0.3 is 15.0 Å². The van der Waals surface area contributed by atoms with Gasteiger partial charge in [-0.05, 0) is 41.8 Å². The third-order valence-electron chi connectivity index (χ3n) is 5.54. The molecule has 0 spiro atoms. The summed E-state index contributed by atoms with van der Waals surface area (Å²) in [6, 6.07) is 14.6. The van der Waals surface area contributed by atoms with Crippen molar-refractivity contribution in [2.24, 2.45) is 0 Å². The number of hydrogen-bond donors (Lipinski definition) is 2. The highest BCUT2D eigenvalue weighted by Crippen LogP contribution is 2.32. The Morgan fingerprint density at radius 3 is 2.61 bits per heavy atom. The van der Waals surface area contributed by atoms with Gasteiger partial charge in [-0.3, -0.25) is 5.10 Å². The number of hydrogen-bond acceptors (Lipinski definition) is 6. The van der Waals surface area contributed by atoms with E-state index in [1.807, 2.05) is 12.1 Å². The average Bonchev–Trinajstić information content (AvgIpc) is 3.21. The van der Waals surface area contributed by atoms with Crippen molar-refractivity contribution in [2.45, 2.75) is 19.4 Å². The van der Waals surface area contributed by atoms with Crippen LogP contribution in [0.5, 0.6) is 5.75 Å². The Kier molecular flexibility index (Phi) is 5.11. The highest BCUT2D eigenvalue weighted by atomic mass is 19.1. The van der Waals surface area contributed by atoms with Crippen LogP contribution in [0.4, 0.5) is 16.2 Å². The van der Waals surface area contributed by atoms with Gasteiger partial charge in [0.1, 0.15) is 17.4 Å². The van der Waals surface area contributed by atoms with Gasteiger partial charge in [0.25, 0.3) is 0 Å². The second kappa shape index (κ2) is 8.22. The van der Waals surface area contributed by atoms with E-state index in [-0.39, 0.29) is 5.82 Å². The van der Waals surface area contributed by atoms with Crippen LogP contribution in [-0.4, -0.2) is 40.4 Å². The minimum absolute atomic E-state index is 0.225. The number of H-pyrrole nitrogens is 1. The van der Waals surface area contributed by atoms with Gasteiger partial charge >= 0.3 is 0 Å². The number of benzene rings is 2. The van der Waals surface area contributed by atoms with E-state index in [1.54, 1.807) is 19.2 Å². The van der Waals surface area contributed by atoms with Gasteiger partial charge in [-0.25, -0.2) is 4.39 Å². The molecule has 1 aliphatic heterocycles. The molecule has 5 rings (SSSR count). The molecular formula is C23H23FN6O. The lowest BCUT2D eigenvalue weighted by Crippen LogP contribution is -2.29. The summed E-state index contributed by atoms with van der Waals surface area (Å²) in [6.07, 6.45) is 1.60. The summed E-state index contributed by atoms with van der Waals surface area (Å²) >= 11 is 0. The largest absolute Gasteiger partial charge is 0.497 e. The van der Waals surface area contributed by atoms with E-state index >= 15 is 0 Å². The number of nitrogens with zero attached hydrogens (tertiary/aromatic N) is 4. The summed E-state index contributed by atoms with van der Waals surface area (Å²) < 4.78 is 18.3. The maximum absolute atomic E-state index is 13.1. The zero-order valence-corrected chi connectivity index (χ0v) is 17.2. The van der Waals surface area contributed by atoms with Gasteiger partial charge in [-0.1, -0.05) is 24.3 Å². The molecule has 8 heteroatoms. The van der Waals surface area contributed by atoms with Crippen LogP contribution in [0.1, 0.15) is 16.8 Å². The number of aromatic nitrogens is 4. The summed E-state index contributed by atoms with van der Waals surface area (Å²) in [5, 5.41) is 11.8. The second-order valence-electron chi connectivity index (χ2n) is 7.59. The molecule has 0 radical (unpaired) electrons. The lowest BCUT2D eigenvalue weighted by molar-refractivity contribution is 0.414. The number of methoxy groups -OCH3 is 1. The maximum Gasteiger partial charge on any atom is 0.226 e. The van der Waals surface area contributed by atoms with Crippen molar-refractivity contribution in [3.05, 3.63) is 71.2 Å². The molecule has 1 aliphatic rings. The Bertz CT molecular complexity index is 1190. The van der Waals surface area contributed by atoms with Crippen molar-refractivity contribution in [3.8, 4) is 5.75 Å². The monoisotopic (exact) mass is 418 g/mol. The first kappa shape index (κ1) is 19.3. The minimum atomic E-state index is -0.225. The molecule has 158 valence electrons. The summed E-state index contributed by atoms with van der Waals surface area (Å²) in [6.45, 7) is 2.23. The van der Waals surface area contributed by atoms with Crippen molar-refractivity contribution >= 4 is 22.8 Å². The number of aromatic amines is 1. The Morgan fingerprint density at radius 2 is 1.84 bits per heavy atom. The molecule has 7 nitrogen and oxygen atoms in total. The molecule has 2 aromatic heterocycles. The fourth-order valence-corrected chi connectivity index (χ4v) is 3.88. The van der Waals surface area contributed by atoms with Crippen LogP contribution in [0.25, 0.3) is 11.0 Å². The highest BCUT2D eigenvalue weighted by molar-refractivity contribution is 5.91. The predicted molar refractivity (Wildman–Crippen MR) is 118 cm³/mol. The minimum Gasteiger partial charge on any atom is -0.497 e. The van der Waals surface area contributed by atoms with Crippen molar-refractivity contribution in [3.63, 3.8) is 0 Å². The van der Waals surface area contributed by atoms with E-state index in [0.717, 1.165) is 59.8 Å². The lowest BCUT2D eigenvalue weighted by atomic mass is 10.1. The fourth-order valence-electron chi connectivity index (χ4n) is 3.88. The van der Waals surface area contributed by atoms with Crippen molar-refractivity contribution in [2.75, 3.05) is 30.4 Å². The summed E-state index contributed by atoms with van der Waals surface area (Å²) in [5.41, 5.74) is 3.99. The number of nitrogens with one attached hydrogen (secondary N) is 2. The molecule has 0 atom stereocenters. The highest BCUT2D eigenvalue weighted by Gasteiger charge is 2.24. The zero-order chi connectivity index (χ0) is 21.2. The summed E-state index contributed by atoms with van der Waals surface area (Å²) in [7, 11) is 1.67. The van der Waals surface area contributed by atoms with Crippen LogP contribution in [-0.2, 0) is 19.4 Å². The standard InChI is InChI=1S/C23H23FN6O/c1-31-18-8-4-16(5-9-18)14-30-13-11-19-20-21(29-28-19)26-23(27-22(20)30)25-12-10-15-2-6-17(24)7-3-15/h2-9H,10-14H2,1H3,(H2,25,26,27,28,29). The van der Waals surface area contributed by atoms with Gasteiger partial charge in [-0.2, -0.15) is 15.1 Å². The molecular weight excluding hydrogens is 395 g/mol. The van der Waals surface area contributed by atoms with Gasteiger partial charge in [0.2, 0.25) is 5.95 Å². The van der Waals surface area contributed by atoms with Crippen molar-refractivity contribution < 1.29 is 9.13 Å². The van der Waals surface area contributed by atoms with E-state index in [2.05, 4.69) is 37.5 Å². The molecule has 4 aromatic rings. The van der Waals surface area contributed by atoms with Gasteiger partial charge in [0, 0.05) is 26.1 Å². The first-order chi connectivity index (χ1) is 15.2. The molecule has 31 heavy (non-hydrogen) atoms. The van der Waals surface area contributed by atoms with E-state index < -0.39 is 0 Å². The molecule has 0 saturated heterocycles. The maximum atomic E-state index is 13.1. The molecule has 0 unspecified atom stereocenters. The first-order valence-electron chi connectivity index (χ1n) is 10.3. The van der Waals surface area contributed by atoms with Gasteiger partial charge in [0.05, 0.1) is 18.2 Å². The summed E-state index contributed by atoms with van der Waals surface area (Å²) in [4.78, 5) is 11.7. The molecule has 2 aromatic carbocycles. The number of rotatable bonds is 7. The smallest absolute Gasteiger partial charge is 0.226 e. The average molecular weight is 418 g/mol. The SMILES string of the molecule is COc1ccc(CN2CCc3n[nH]c4nc(NCCc5ccc(F)cc5)nc2c34)cc1. The van der Waals surface area contributed by atoms with E-state index in [1.165, 1.54) is 17.7 Å². The van der Waals surface area contributed by atoms with Crippen LogP contribution < -0.4 is 15.0 Å². The van der Waals surface area contributed by atoms with E-state index in [0.29, 0.717) is 12.5 Å². The van der Waals surface area contributed by atoms with Gasteiger partial charge in [-0.15, -0.1) is 0 Å². The lowest BCUT2D eigenvalue weighted by Gasteiger charge is -2.28. The normalized spacial score (nSPS) is 12.9. The topological polar surface area (TPSA) is 79.0 Å². The Balaban J connectivity index is 1.36. The molecule has 0 bridgehead atoms. The third kappa shape index (κ3) is 4.01. The third-order valence-corrected chi connectivity index (χ3v) is 5.54. The van der Waals surface area contributed by atoms with Crippen LogP contribution >= 0.6 is 0 Å². The molecule has 0 aliphatic carbocycles. The molecule has 0 amide bonds. The molecule has 0 fully saturated rings. The zero-order valence-electron chi connectivity index (χ0n) is 17.2.